The number of rotatable bonds is 2. The molecular weight excluding hydrogens is 202 g/mol. The standard InChI is InChI=1S/C5H11NO4S2/c1-6-12(9,10)5-2-3-11(7,8)4-5/h5-6H,2-4H2,1H3. The molecule has 1 fully saturated rings. The molecule has 0 saturated carbocycles. The molecule has 1 heterocycles. The number of nitrogens with one attached hydrogen (secondary N) is 1. The van der Waals surface area contributed by atoms with Crippen molar-refractivity contribution >= 4 is 19.9 Å². The third-order valence-electron chi connectivity index (χ3n) is 1.91. The molecule has 1 rings (SSSR count). The fourth-order valence-corrected chi connectivity index (χ4v) is 4.97. The van der Waals surface area contributed by atoms with E-state index in [1.165, 1.54) is 7.05 Å². The van der Waals surface area contributed by atoms with Crippen molar-refractivity contribution in [1.82, 2.24) is 4.72 Å². The highest BCUT2D eigenvalue weighted by molar-refractivity contribution is 7.95. The lowest BCUT2D eigenvalue weighted by Gasteiger charge is -2.06. The molecule has 0 aromatic rings. The summed E-state index contributed by atoms with van der Waals surface area (Å²) in [7, 11) is -5.21. The van der Waals surface area contributed by atoms with E-state index in [1.807, 2.05) is 0 Å². The molecule has 0 bridgehead atoms. The molecule has 1 atom stereocenters. The highest BCUT2D eigenvalue weighted by Crippen LogP contribution is 2.17. The van der Waals surface area contributed by atoms with Crippen LogP contribution in [0, 0.1) is 0 Å². The predicted octanol–water partition coefficient (Wildman–Crippen LogP) is -1.28. The molecule has 1 saturated heterocycles. The Morgan fingerprint density at radius 1 is 1.42 bits per heavy atom. The summed E-state index contributed by atoms with van der Waals surface area (Å²) in [6.45, 7) is 0. The third-order valence-corrected chi connectivity index (χ3v) is 5.74. The lowest BCUT2D eigenvalue weighted by atomic mass is 10.4. The van der Waals surface area contributed by atoms with Gasteiger partial charge < -0.3 is 0 Å². The molecule has 7 heteroatoms. The van der Waals surface area contributed by atoms with Crippen LogP contribution in [0.2, 0.25) is 0 Å². The molecular formula is C5H11NO4S2. The van der Waals surface area contributed by atoms with Crippen LogP contribution in [-0.2, 0) is 19.9 Å². The van der Waals surface area contributed by atoms with Crippen LogP contribution < -0.4 is 4.72 Å². The van der Waals surface area contributed by atoms with Crippen LogP contribution in [0.15, 0.2) is 0 Å². The van der Waals surface area contributed by atoms with Crippen LogP contribution in [0.5, 0.6) is 0 Å². The van der Waals surface area contributed by atoms with E-state index in [0.717, 1.165) is 0 Å². The van der Waals surface area contributed by atoms with Crippen molar-refractivity contribution in [3.05, 3.63) is 0 Å². The first-order valence-corrected chi connectivity index (χ1v) is 6.87. The second-order valence-corrected chi connectivity index (χ2v) is 7.17. The summed E-state index contributed by atoms with van der Waals surface area (Å²) in [6, 6.07) is 0. The molecule has 0 aliphatic carbocycles. The molecule has 0 aromatic heterocycles. The molecule has 0 aromatic carbocycles. The average Bonchev–Trinajstić information content (AvgIpc) is 2.31. The quantitative estimate of drug-likeness (QED) is 0.619. The number of hydrogen-bond donors (Lipinski definition) is 1. The van der Waals surface area contributed by atoms with Crippen LogP contribution in [0.4, 0.5) is 0 Å². The zero-order valence-corrected chi connectivity index (χ0v) is 8.28. The molecule has 1 unspecified atom stereocenters. The molecule has 1 aliphatic heterocycles. The molecule has 72 valence electrons. The lowest BCUT2D eigenvalue weighted by molar-refractivity contribution is 0.574. The van der Waals surface area contributed by atoms with Crippen molar-refractivity contribution in [2.45, 2.75) is 11.7 Å². The Bertz CT molecular complexity index is 355. The number of sulfone groups is 1. The van der Waals surface area contributed by atoms with Gasteiger partial charge in [0.1, 0.15) is 0 Å². The molecule has 0 radical (unpaired) electrons. The number of sulfonamides is 1. The Kier molecular flexibility index (Phi) is 2.46. The zero-order chi connectivity index (χ0) is 9.41. The molecule has 1 aliphatic rings. The van der Waals surface area contributed by atoms with Crippen LogP contribution >= 0.6 is 0 Å². The summed E-state index contributed by atoms with van der Waals surface area (Å²) in [5, 5.41) is -0.757. The van der Waals surface area contributed by atoms with Gasteiger partial charge in [0.15, 0.2) is 9.84 Å². The van der Waals surface area contributed by atoms with E-state index in [9.17, 15) is 16.8 Å². The third kappa shape index (κ3) is 1.96. The summed E-state index contributed by atoms with van der Waals surface area (Å²) >= 11 is 0. The monoisotopic (exact) mass is 213 g/mol. The normalized spacial score (nSPS) is 28.9. The Morgan fingerprint density at radius 2 is 2.00 bits per heavy atom. The van der Waals surface area contributed by atoms with E-state index in [4.69, 9.17) is 0 Å². The molecule has 5 nitrogen and oxygen atoms in total. The fraction of sp³-hybridized carbons (Fsp3) is 1.00. The lowest BCUT2D eigenvalue weighted by Crippen LogP contribution is -2.32. The van der Waals surface area contributed by atoms with Crippen LogP contribution in [-0.4, -0.2) is 40.6 Å². The van der Waals surface area contributed by atoms with E-state index in [-0.39, 0.29) is 17.9 Å². The fourth-order valence-electron chi connectivity index (χ4n) is 1.17. The Morgan fingerprint density at radius 3 is 2.33 bits per heavy atom. The maximum Gasteiger partial charge on any atom is 0.215 e. The smallest absolute Gasteiger partial charge is 0.215 e. The maximum atomic E-state index is 11.1. The van der Waals surface area contributed by atoms with E-state index >= 15 is 0 Å². The second-order valence-electron chi connectivity index (χ2n) is 2.77. The van der Waals surface area contributed by atoms with Gasteiger partial charge in [0.2, 0.25) is 10.0 Å². The van der Waals surface area contributed by atoms with Crippen molar-refractivity contribution in [3.8, 4) is 0 Å². The Hall–Kier alpha value is -0.140. The van der Waals surface area contributed by atoms with E-state index in [0.29, 0.717) is 0 Å². The van der Waals surface area contributed by atoms with Crippen molar-refractivity contribution in [3.63, 3.8) is 0 Å². The van der Waals surface area contributed by atoms with Crippen molar-refractivity contribution in [2.75, 3.05) is 18.6 Å². The van der Waals surface area contributed by atoms with Crippen LogP contribution in [0.1, 0.15) is 6.42 Å². The Balaban J connectivity index is 2.85. The minimum absolute atomic E-state index is 0.0153. The minimum atomic E-state index is -3.40. The van der Waals surface area contributed by atoms with Gasteiger partial charge in [-0.25, -0.2) is 21.6 Å². The molecule has 12 heavy (non-hydrogen) atoms. The van der Waals surface area contributed by atoms with Gasteiger partial charge in [-0.3, -0.25) is 0 Å². The van der Waals surface area contributed by atoms with Gasteiger partial charge in [0.05, 0.1) is 16.8 Å². The largest absolute Gasteiger partial charge is 0.229 e. The first kappa shape index (κ1) is 9.94. The maximum absolute atomic E-state index is 11.1. The minimum Gasteiger partial charge on any atom is -0.229 e. The summed E-state index contributed by atoms with van der Waals surface area (Å²) in [5.74, 6) is -0.255. The highest BCUT2D eigenvalue weighted by atomic mass is 32.2. The molecule has 0 spiro atoms. The van der Waals surface area contributed by atoms with E-state index in [1.54, 1.807) is 0 Å². The summed E-state index contributed by atoms with van der Waals surface area (Å²) in [6.07, 6.45) is 0.214. The van der Waals surface area contributed by atoms with Gasteiger partial charge >= 0.3 is 0 Å². The van der Waals surface area contributed by atoms with Crippen molar-refractivity contribution in [1.29, 1.82) is 0 Å². The summed E-state index contributed by atoms with van der Waals surface area (Å²) in [4.78, 5) is 0. The van der Waals surface area contributed by atoms with Crippen molar-refractivity contribution < 1.29 is 16.8 Å². The van der Waals surface area contributed by atoms with E-state index < -0.39 is 25.1 Å². The molecule has 0 amide bonds. The predicted molar refractivity (Wildman–Crippen MR) is 45.0 cm³/mol. The summed E-state index contributed by atoms with van der Waals surface area (Å²) in [5.41, 5.74) is 0. The summed E-state index contributed by atoms with van der Waals surface area (Å²) < 4.78 is 46.2. The molecule has 1 N–H and O–H groups in total. The topological polar surface area (TPSA) is 80.3 Å². The average molecular weight is 213 g/mol. The second kappa shape index (κ2) is 2.97. The SMILES string of the molecule is CNS(=O)(=O)C1CCS(=O)(=O)C1. The van der Waals surface area contributed by atoms with Gasteiger partial charge in [0, 0.05) is 0 Å². The first-order chi connectivity index (χ1) is 5.37. The van der Waals surface area contributed by atoms with Gasteiger partial charge in [0.25, 0.3) is 0 Å². The van der Waals surface area contributed by atoms with Crippen LogP contribution in [0.25, 0.3) is 0 Å². The van der Waals surface area contributed by atoms with Gasteiger partial charge in [-0.2, -0.15) is 0 Å². The van der Waals surface area contributed by atoms with Crippen molar-refractivity contribution in [2.24, 2.45) is 0 Å². The van der Waals surface area contributed by atoms with Gasteiger partial charge in [-0.05, 0) is 13.5 Å². The highest BCUT2D eigenvalue weighted by Gasteiger charge is 2.36. The van der Waals surface area contributed by atoms with Gasteiger partial charge in [-0.15, -0.1) is 0 Å². The van der Waals surface area contributed by atoms with E-state index in [2.05, 4.69) is 4.72 Å². The van der Waals surface area contributed by atoms with Gasteiger partial charge in [-0.1, -0.05) is 0 Å². The first-order valence-electron chi connectivity index (χ1n) is 3.50. The zero-order valence-electron chi connectivity index (χ0n) is 6.65. The number of hydrogen-bond acceptors (Lipinski definition) is 4. The van der Waals surface area contributed by atoms with Crippen LogP contribution in [0.3, 0.4) is 0 Å². The Labute approximate surface area is 72.1 Å².